The summed E-state index contributed by atoms with van der Waals surface area (Å²) in [5.41, 5.74) is 0.235. The molecule has 4 nitrogen and oxygen atoms in total. The van der Waals surface area contributed by atoms with Crippen LogP contribution in [0.5, 0.6) is 5.75 Å². The topological polar surface area (TPSA) is 62.2 Å². The molecule has 1 aromatic carbocycles. The van der Waals surface area contributed by atoms with Crippen LogP contribution in [0.4, 0.5) is 5.13 Å². The Morgan fingerprint density at radius 3 is 2.55 bits per heavy atom. The van der Waals surface area contributed by atoms with Gasteiger partial charge in [-0.25, -0.2) is 13.7 Å². The summed E-state index contributed by atoms with van der Waals surface area (Å²) in [6.07, 6.45) is 8.10. The van der Waals surface area contributed by atoms with Gasteiger partial charge in [-0.05, 0) is 30.9 Å². The number of aromatic nitrogens is 1. The Balaban J connectivity index is 2.22. The van der Waals surface area contributed by atoms with Crippen LogP contribution in [-0.2, 0) is 0 Å². The van der Waals surface area contributed by atoms with Crippen molar-refractivity contribution in [3.63, 3.8) is 0 Å². The van der Waals surface area contributed by atoms with Gasteiger partial charge in [-0.15, -0.1) is 0 Å². The summed E-state index contributed by atoms with van der Waals surface area (Å²) in [6.45, 7) is 0. The number of benzene rings is 1. The van der Waals surface area contributed by atoms with E-state index in [1.165, 1.54) is 17.4 Å². The lowest BCUT2D eigenvalue weighted by molar-refractivity contribution is 0.102. The third-order valence-corrected chi connectivity index (χ3v) is 7.01. The van der Waals surface area contributed by atoms with Crippen LogP contribution >= 0.6 is 20.1 Å². The molecule has 2 rings (SSSR count). The third kappa shape index (κ3) is 3.26. The molecular formula is C14H18N2O2S2. The average molecular weight is 310 g/mol. The second-order valence-electron chi connectivity index (χ2n) is 5.80. The van der Waals surface area contributed by atoms with E-state index in [1.54, 1.807) is 24.4 Å². The Kier molecular flexibility index (Phi) is 3.47. The minimum atomic E-state index is -1.87. The monoisotopic (exact) mass is 310 g/mol. The Labute approximate surface area is 122 Å². The highest BCUT2D eigenvalue weighted by Crippen LogP contribution is 2.56. The predicted octanol–water partition coefficient (Wildman–Crippen LogP) is 3.12. The molecule has 2 aromatic rings. The van der Waals surface area contributed by atoms with E-state index in [1.807, 2.05) is 0 Å². The summed E-state index contributed by atoms with van der Waals surface area (Å²) < 4.78 is 1.08. The fraction of sp³-hybridized carbons (Fsp3) is 0.214. The lowest BCUT2D eigenvalue weighted by Crippen LogP contribution is -2.11. The quantitative estimate of drug-likeness (QED) is 0.856. The summed E-state index contributed by atoms with van der Waals surface area (Å²) in [4.78, 5) is 16.3. The minimum Gasteiger partial charge on any atom is -0.507 e. The third-order valence-electron chi connectivity index (χ3n) is 2.60. The number of phenolic OH excluding ortho intramolecular Hbond substituents is 1. The van der Waals surface area contributed by atoms with Crippen LogP contribution in [0, 0.1) is 0 Å². The summed E-state index contributed by atoms with van der Waals surface area (Å²) in [6, 6.07) is 6.42. The number of anilines is 1. The first kappa shape index (κ1) is 14.7. The van der Waals surface area contributed by atoms with E-state index >= 15 is 0 Å². The van der Waals surface area contributed by atoms with Crippen molar-refractivity contribution in [1.82, 2.24) is 4.98 Å². The number of phenols is 1. The molecule has 0 aliphatic heterocycles. The smallest absolute Gasteiger partial charge is 0.261 e. The normalized spacial score (nSPS) is 13.4. The van der Waals surface area contributed by atoms with Gasteiger partial charge in [0.1, 0.15) is 5.75 Å². The van der Waals surface area contributed by atoms with Crippen molar-refractivity contribution >= 4 is 37.0 Å². The second-order valence-corrected chi connectivity index (χ2v) is 13.2. The number of thiazole rings is 1. The Hall–Kier alpha value is -1.66. The second kappa shape index (κ2) is 4.71. The zero-order valence-electron chi connectivity index (χ0n) is 11.7. The molecule has 0 saturated carbocycles. The molecule has 6 heteroatoms. The van der Waals surface area contributed by atoms with Gasteiger partial charge in [-0.1, -0.05) is 29.3 Å². The van der Waals surface area contributed by atoms with Crippen molar-refractivity contribution in [2.45, 2.75) is 4.21 Å². The fourth-order valence-electron chi connectivity index (χ4n) is 1.50. The lowest BCUT2D eigenvalue weighted by Gasteiger charge is -2.33. The van der Waals surface area contributed by atoms with Crippen LogP contribution in [0.15, 0.2) is 34.7 Å². The number of nitrogens with one attached hydrogen (secondary N) is 1. The number of hydrogen-bond acceptors (Lipinski definition) is 4. The summed E-state index contributed by atoms with van der Waals surface area (Å²) in [7, 11) is -1.87. The number of amides is 1. The highest BCUT2D eigenvalue weighted by atomic mass is 32.3. The molecule has 1 aromatic heterocycles. The maximum absolute atomic E-state index is 12.1. The molecule has 0 aliphatic rings. The van der Waals surface area contributed by atoms with Crippen LogP contribution in [0.3, 0.4) is 0 Å². The molecule has 20 heavy (non-hydrogen) atoms. The zero-order valence-corrected chi connectivity index (χ0v) is 13.3. The minimum absolute atomic E-state index is 0.0430. The first-order chi connectivity index (χ1) is 9.13. The van der Waals surface area contributed by atoms with Gasteiger partial charge >= 0.3 is 0 Å². The van der Waals surface area contributed by atoms with Crippen molar-refractivity contribution in [1.29, 1.82) is 0 Å². The Bertz CT molecular complexity index is 717. The molecule has 0 spiro atoms. The molecule has 1 amide bonds. The van der Waals surface area contributed by atoms with E-state index in [4.69, 9.17) is 0 Å². The summed E-state index contributed by atoms with van der Waals surface area (Å²) in [5, 5.41) is 12.9. The van der Waals surface area contributed by atoms with Crippen molar-refractivity contribution < 1.29 is 9.90 Å². The highest BCUT2D eigenvalue weighted by Gasteiger charge is 2.19. The van der Waals surface area contributed by atoms with Gasteiger partial charge < -0.3 is 5.11 Å². The molecule has 0 unspecified atom stereocenters. The van der Waals surface area contributed by atoms with Crippen LogP contribution in [-0.4, -0.2) is 40.6 Å². The SMILES string of the molecule is C=S(C)(C)(C)c1cnc(NC(=O)c2ccccc2O)s1. The van der Waals surface area contributed by atoms with Crippen molar-refractivity contribution in [3.05, 3.63) is 36.0 Å². The zero-order chi connectivity index (χ0) is 15.0. The van der Waals surface area contributed by atoms with E-state index in [0.29, 0.717) is 5.13 Å². The number of hydrogen-bond donors (Lipinski definition) is 2. The molecule has 2 N–H and O–H groups in total. The number of carbonyl (C=O) groups excluding carboxylic acids is 1. The Morgan fingerprint density at radius 1 is 1.35 bits per heavy atom. The number of nitrogens with zero attached hydrogens (tertiary/aromatic N) is 1. The number of para-hydroxylation sites is 1. The van der Waals surface area contributed by atoms with E-state index in [9.17, 15) is 9.90 Å². The first-order valence-electron chi connectivity index (χ1n) is 5.90. The van der Waals surface area contributed by atoms with Crippen LogP contribution in [0.2, 0.25) is 0 Å². The van der Waals surface area contributed by atoms with E-state index < -0.39 is 8.75 Å². The van der Waals surface area contributed by atoms with Gasteiger partial charge in [-0.3, -0.25) is 10.1 Å². The van der Waals surface area contributed by atoms with Gasteiger partial charge in [0.2, 0.25) is 0 Å². The summed E-state index contributed by atoms with van der Waals surface area (Å²) >= 11 is 1.43. The van der Waals surface area contributed by atoms with Gasteiger partial charge in [0.25, 0.3) is 5.91 Å². The van der Waals surface area contributed by atoms with Crippen LogP contribution in [0.25, 0.3) is 0 Å². The molecule has 0 saturated heterocycles. The molecule has 0 atom stereocenters. The van der Waals surface area contributed by atoms with Crippen molar-refractivity contribution in [3.8, 4) is 5.75 Å². The van der Waals surface area contributed by atoms with E-state index in [2.05, 4.69) is 34.9 Å². The van der Waals surface area contributed by atoms with Gasteiger partial charge in [-0.2, -0.15) is 0 Å². The Morgan fingerprint density at radius 2 is 2.00 bits per heavy atom. The average Bonchev–Trinajstić information content (AvgIpc) is 2.77. The number of carbonyl (C=O) groups is 1. The molecule has 0 fully saturated rings. The highest BCUT2D eigenvalue weighted by molar-refractivity contribution is 8.45. The molecule has 0 bridgehead atoms. The maximum atomic E-state index is 12.1. The van der Waals surface area contributed by atoms with Gasteiger partial charge in [0.15, 0.2) is 5.13 Å². The fourth-order valence-corrected chi connectivity index (χ4v) is 3.96. The van der Waals surface area contributed by atoms with Crippen molar-refractivity contribution in [2.75, 3.05) is 24.1 Å². The standard InChI is InChI=1S/C14H18N2O2S2/c1-20(2,3,4)12-9-15-14(19-12)16-13(18)10-7-5-6-8-11(10)17/h5-9,17H,1H2,2-4H3,(H,15,16,18). The molecular weight excluding hydrogens is 292 g/mol. The largest absolute Gasteiger partial charge is 0.507 e. The number of rotatable bonds is 3. The molecule has 0 radical (unpaired) electrons. The van der Waals surface area contributed by atoms with Gasteiger partial charge in [0.05, 0.1) is 16.0 Å². The van der Waals surface area contributed by atoms with Gasteiger partial charge in [0, 0.05) is 0 Å². The van der Waals surface area contributed by atoms with Crippen LogP contribution < -0.4 is 5.32 Å². The first-order valence-corrected chi connectivity index (χ1v) is 10.2. The van der Waals surface area contributed by atoms with Crippen molar-refractivity contribution in [2.24, 2.45) is 0 Å². The molecule has 1 heterocycles. The van der Waals surface area contributed by atoms with E-state index in [0.717, 1.165) is 4.21 Å². The maximum Gasteiger partial charge on any atom is 0.261 e. The summed E-state index contributed by atoms with van der Waals surface area (Å²) in [5.74, 6) is 3.85. The molecule has 0 aliphatic carbocycles. The predicted molar refractivity (Wildman–Crippen MR) is 88.9 cm³/mol. The van der Waals surface area contributed by atoms with Crippen LogP contribution in [0.1, 0.15) is 10.4 Å². The molecule has 108 valence electrons. The van der Waals surface area contributed by atoms with E-state index in [-0.39, 0.29) is 17.2 Å². The lowest BCUT2D eigenvalue weighted by atomic mass is 10.2. The number of aromatic hydroxyl groups is 1.